The van der Waals surface area contributed by atoms with Gasteiger partial charge in [0, 0.05) is 31.5 Å². The second-order valence-electron chi connectivity index (χ2n) is 5.25. The van der Waals surface area contributed by atoms with Crippen molar-refractivity contribution in [2.75, 3.05) is 0 Å². The highest BCUT2D eigenvalue weighted by Gasteiger charge is 2.39. The molecule has 1 aromatic carbocycles. The lowest BCUT2D eigenvalue weighted by Crippen LogP contribution is -2.42. The van der Waals surface area contributed by atoms with Crippen LogP contribution in [0.3, 0.4) is 0 Å². The van der Waals surface area contributed by atoms with E-state index < -0.39 is 0 Å². The molecule has 2 nitrogen and oxygen atoms in total. The summed E-state index contributed by atoms with van der Waals surface area (Å²) in [5.74, 6) is 0.424. The number of carbonyl (C=O) groups excluding carboxylic acids is 1. The van der Waals surface area contributed by atoms with Crippen LogP contribution in [0.15, 0.2) is 18.2 Å². The van der Waals surface area contributed by atoms with Crippen LogP contribution in [0.2, 0.25) is 10.0 Å². The molecule has 1 aromatic rings. The van der Waals surface area contributed by atoms with Crippen LogP contribution in [0.25, 0.3) is 0 Å². The Bertz CT molecular complexity index is 473. The molecule has 0 spiro atoms. The number of Topliss-reactive ketones (excluding diaryl/α,β-unsaturated/α-hetero) is 1. The van der Waals surface area contributed by atoms with Crippen molar-refractivity contribution in [3.63, 3.8) is 0 Å². The highest BCUT2D eigenvalue weighted by molar-refractivity contribution is 6.42. The van der Waals surface area contributed by atoms with Crippen molar-refractivity contribution in [2.45, 2.75) is 44.3 Å². The van der Waals surface area contributed by atoms with Crippen LogP contribution in [-0.2, 0) is 11.3 Å². The van der Waals surface area contributed by atoms with E-state index in [1.807, 2.05) is 18.2 Å². The molecule has 96 valence electrons. The molecule has 2 unspecified atom stereocenters. The Hall–Kier alpha value is -0.570. The van der Waals surface area contributed by atoms with Gasteiger partial charge < -0.3 is 0 Å². The van der Waals surface area contributed by atoms with Gasteiger partial charge in [-0.3, -0.25) is 9.69 Å². The molecule has 4 heteroatoms. The van der Waals surface area contributed by atoms with E-state index in [0.717, 1.165) is 32.2 Å². The SMILES string of the molecule is O=C1CC2CCC(C1)N2Cc1ccc(Cl)c(Cl)c1. The molecule has 0 aromatic heterocycles. The van der Waals surface area contributed by atoms with Gasteiger partial charge in [0.15, 0.2) is 0 Å². The normalized spacial score (nSPS) is 27.8. The zero-order valence-electron chi connectivity index (χ0n) is 10.0. The molecule has 2 fully saturated rings. The number of benzene rings is 1. The van der Waals surface area contributed by atoms with Crippen molar-refractivity contribution in [1.29, 1.82) is 0 Å². The van der Waals surface area contributed by atoms with Gasteiger partial charge in [-0.2, -0.15) is 0 Å². The molecule has 2 saturated heterocycles. The van der Waals surface area contributed by atoms with Gasteiger partial charge in [0.1, 0.15) is 5.78 Å². The molecule has 0 aliphatic carbocycles. The average molecular weight is 284 g/mol. The molecule has 0 N–H and O–H groups in total. The van der Waals surface area contributed by atoms with Gasteiger partial charge in [0.2, 0.25) is 0 Å². The Balaban J connectivity index is 1.77. The lowest BCUT2D eigenvalue weighted by atomic mass is 10.0. The maximum Gasteiger partial charge on any atom is 0.136 e. The summed E-state index contributed by atoms with van der Waals surface area (Å²) in [4.78, 5) is 14.0. The first-order valence-electron chi connectivity index (χ1n) is 6.35. The average Bonchev–Trinajstić information content (AvgIpc) is 2.58. The summed E-state index contributed by atoms with van der Waals surface area (Å²) in [7, 11) is 0. The molecule has 0 radical (unpaired) electrons. The number of hydrogen-bond acceptors (Lipinski definition) is 2. The quantitative estimate of drug-likeness (QED) is 0.825. The number of piperidine rings is 1. The predicted octanol–water partition coefficient (Wildman–Crippen LogP) is 3.69. The number of ketones is 1. The van der Waals surface area contributed by atoms with Gasteiger partial charge in [0.25, 0.3) is 0 Å². The van der Waals surface area contributed by atoms with E-state index >= 15 is 0 Å². The summed E-state index contributed by atoms with van der Waals surface area (Å²) in [6.45, 7) is 0.875. The number of hydrogen-bond donors (Lipinski definition) is 0. The van der Waals surface area contributed by atoms with Crippen molar-refractivity contribution >= 4 is 29.0 Å². The van der Waals surface area contributed by atoms with Crippen molar-refractivity contribution < 1.29 is 4.79 Å². The molecule has 2 aliphatic rings. The number of fused-ring (bicyclic) bond motifs is 2. The summed E-state index contributed by atoms with van der Waals surface area (Å²) in [5, 5.41) is 1.20. The summed E-state index contributed by atoms with van der Waals surface area (Å²) in [5.41, 5.74) is 1.18. The minimum atomic E-state index is 0.424. The summed E-state index contributed by atoms with van der Waals surface area (Å²) < 4.78 is 0. The fourth-order valence-electron chi connectivity index (χ4n) is 3.17. The van der Waals surface area contributed by atoms with Gasteiger partial charge in [-0.15, -0.1) is 0 Å². The third-order valence-corrected chi connectivity index (χ3v) is 4.79. The molecule has 2 heterocycles. The molecule has 0 saturated carbocycles. The zero-order valence-corrected chi connectivity index (χ0v) is 11.5. The Labute approximate surface area is 117 Å². The molecule has 0 amide bonds. The smallest absolute Gasteiger partial charge is 0.136 e. The first-order chi connectivity index (χ1) is 8.63. The Morgan fingerprint density at radius 1 is 1.11 bits per heavy atom. The number of nitrogens with zero attached hydrogens (tertiary/aromatic N) is 1. The lowest BCUT2D eigenvalue weighted by Gasteiger charge is -2.34. The van der Waals surface area contributed by atoms with Gasteiger partial charge in [-0.05, 0) is 30.5 Å². The standard InChI is InChI=1S/C14H15Cl2NO/c15-13-4-1-9(5-14(13)16)8-17-10-2-3-11(17)7-12(18)6-10/h1,4-5,10-11H,2-3,6-8H2. The fourth-order valence-corrected chi connectivity index (χ4v) is 3.49. The Kier molecular flexibility index (Phi) is 3.35. The lowest BCUT2D eigenvalue weighted by molar-refractivity contribution is -0.123. The second kappa shape index (κ2) is 4.84. The third kappa shape index (κ3) is 2.29. The molecule has 2 atom stereocenters. The molecular formula is C14H15Cl2NO. The third-order valence-electron chi connectivity index (χ3n) is 4.05. The van der Waals surface area contributed by atoms with Crippen LogP contribution in [0.5, 0.6) is 0 Å². The van der Waals surface area contributed by atoms with Crippen molar-refractivity contribution in [3.8, 4) is 0 Å². The molecule has 2 aliphatic heterocycles. The van der Waals surface area contributed by atoms with Gasteiger partial charge in [-0.1, -0.05) is 29.3 Å². The Morgan fingerprint density at radius 3 is 2.39 bits per heavy atom. The van der Waals surface area contributed by atoms with Crippen LogP contribution >= 0.6 is 23.2 Å². The highest BCUT2D eigenvalue weighted by atomic mass is 35.5. The van der Waals surface area contributed by atoms with E-state index in [-0.39, 0.29) is 0 Å². The highest BCUT2D eigenvalue weighted by Crippen LogP contribution is 2.35. The van der Waals surface area contributed by atoms with E-state index in [1.165, 1.54) is 5.56 Å². The number of rotatable bonds is 2. The van der Waals surface area contributed by atoms with Gasteiger partial charge in [-0.25, -0.2) is 0 Å². The van der Waals surface area contributed by atoms with Gasteiger partial charge >= 0.3 is 0 Å². The fraction of sp³-hybridized carbons (Fsp3) is 0.500. The molecule has 18 heavy (non-hydrogen) atoms. The topological polar surface area (TPSA) is 20.3 Å². The minimum absolute atomic E-state index is 0.424. The predicted molar refractivity (Wildman–Crippen MR) is 73.1 cm³/mol. The van der Waals surface area contributed by atoms with Crippen LogP contribution in [0, 0.1) is 0 Å². The molecular weight excluding hydrogens is 269 g/mol. The first-order valence-corrected chi connectivity index (χ1v) is 7.10. The Morgan fingerprint density at radius 2 is 1.78 bits per heavy atom. The summed E-state index contributed by atoms with van der Waals surface area (Å²) >= 11 is 12.0. The first kappa shape index (κ1) is 12.5. The largest absolute Gasteiger partial charge is 0.300 e. The van der Waals surface area contributed by atoms with Crippen LogP contribution in [-0.4, -0.2) is 22.8 Å². The molecule has 2 bridgehead atoms. The van der Waals surface area contributed by atoms with Crippen LogP contribution < -0.4 is 0 Å². The molecule has 3 rings (SSSR count). The summed E-state index contributed by atoms with van der Waals surface area (Å²) in [6, 6.07) is 6.66. The second-order valence-corrected chi connectivity index (χ2v) is 6.07. The van der Waals surface area contributed by atoms with Gasteiger partial charge in [0.05, 0.1) is 10.0 Å². The van der Waals surface area contributed by atoms with Crippen LogP contribution in [0.4, 0.5) is 0 Å². The number of carbonyl (C=O) groups is 1. The summed E-state index contributed by atoms with van der Waals surface area (Å²) in [6.07, 6.45) is 3.74. The van der Waals surface area contributed by atoms with Crippen LogP contribution in [0.1, 0.15) is 31.2 Å². The van der Waals surface area contributed by atoms with E-state index in [2.05, 4.69) is 4.90 Å². The zero-order chi connectivity index (χ0) is 12.7. The minimum Gasteiger partial charge on any atom is -0.300 e. The van der Waals surface area contributed by atoms with E-state index in [4.69, 9.17) is 23.2 Å². The van der Waals surface area contributed by atoms with Crippen molar-refractivity contribution in [1.82, 2.24) is 4.90 Å². The van der Waals surface area contributed by atoms with Crippen molar-refractivity contribution in [2.24, 2.45) is 0 Å². The van der Waals surface area contributed by atoms with E-state index in [1.54, 1.807) is 0 Å². The van der Waals surface area contributed by atoms with E-state index in [9.17, 15) is 4.79 Å². The van der Waals surface area contributed by atoms with Crippen molar-refractivity contribution in [3.05, 3.63) is 33.8 Å². The van der Waals surface area contributed by atoms with E-state index in [0.29, 0.717) is 27.9 Å². The monoisotopic (exact) mass is 283 g/mol. The maximum atomic E-state index is 11.6. The maximum absolute atomic E-state index is 11.6. The number of halogens is 2.